The van der Waals surface area contributed by atoms with E-state index in [2.05, 4.69) is 15.3 Å². The molecule has 1 amide bonds. The third-order valence-electron chi connectivity index (χ3n) is 4.48. The number of anilines is 1. The molecule has 0 saturated carbocycles. The molecule has 3 rings (SSSR count). The van der Waals surface area contributed by atoms with E-state index in [1.807, 2.05) is 4.90 Å². The lowest BCUT2D eigenvalue weighted by Gasteiger charge is -2.31. The van der Waals surface area contributed by atoms with Gasteiger partial charge in [0.05, 0.1) is 18.0 Å². The molecule has 0 aliphatic carbocycles. The van der Waals surface area contributed by atoms with Crippen LogP contribution >= 0.6 is 0 Å². The fourth-order valence-electron chi connectivity index (χ4n) is 3.05. The summed E-state index contributed by atoms with van der Waals surface area (Å²) in [6, 6.07) is 6.22. The zero-order valence-corrected chi connectivity index (χ0v) is 15.2. The van der Waals surface area contributed by atoms with Crippen molar-refractivity contribution in [3.8, 4) is 5.75 Å². The number of carbonyl (C=O) groups is 1. The molecule has 1 saturated heterocycles. The lowest BCUT2D eigenvalue weighted by molar-refractivity contribution is -0.137. The maximum absolute atomic E-state index is 12.5. The van der Waals surface area contributed by atoms with E-state index in [1.54, 1.807) is 18.5 Å². The van der Waals surface area contributed by atoms with Crippen LogP contribution in [-0.4, -0.2) is 42.1 Å². The maximum atomic E-state index is 12.5. The molecule has 28 heavy (non-hydrogen) atoms. The van der Waals surface area contributed by atoms with Crippen molar-refractivity contribution in [3.63, 3.8) is 0 Å². The Morgan fingerprint density at radius 3 is 2.61 bits per heavy atom. The van der Waals surface area contributed by atoms with Crippen LogP contribution in [0.15, 0.2) is 42.7 Å². The summed E-state index contributed by atoms with van der Waals surface area (Å²) in [4.78, 5) is 22.8. The second kappa shape index (κ2) is 8.90. The Kier molecular flexibility index (Phi) is 6.33. The second-order valence-electron chi connectivity index (χ2n) is 6.50. The number of benzene rings is 1. The summed E-state index contributed by atoms with van der Waals surface area (Å²) in [6.07, 6.45) is 0.633. The van der Waals surface area contributed by atoms with Crippen LogP contribution in [0.4, 0.5) is 19.1 Å². The first kappa shape index (κ1) is 19.9. The number of piperidine rings is 1. The summed E-state index contributed by atoms with van der Waals surface area (Å²) < 4.78 is 43.0. The van der Waals surface area contributed by atoms with Gasteiger partial charge in [-0.15, -0.1) is 0 Å². The van der Waals surface area contributed by atoms with Gasteiger partial charge in [0, 0.05) is 25.5 Å². The Labute approximate surface area is 160 Å². The quantitative estimate of drug-likeness (QED) is 0.763. The van der Waals surface area contributed by atoms with Gasteiger partial charge < -0.3 is 15.0 Å². The zero-order chi connectivity index (χ0) is 20.0. The SMILES string of the molecule is O=C(NCCOc1ccc(C(F)(F)F)cc1)C1CCCN(c2ncccn2)C1. The second-order valence-corrected chi connectivity index (χ2v) is 6.50. The smallest absolute Gasteiger partial charge is 0.416 e. The van der Waals surface area contributed by atoms with Crippen LogP contribution in [0.1, 0.15) is 18.4 Å². The Balaban J connectivity index is 1.42. The molecule has 1 aromatic heterocycles. The average molecular weight is 394 g/mol. The molecule has 2 heterocycles. The molecule has 1 aliphatic heterocycles. The standard InChI is InChI=1S/C19H21F3N4O2/c20-19(21,22)15-4-6-16(7-5-15)28-12-10-23-17(27)14-3-1-11-26(13-14)18-24-8-2-9-25-18/h2,4-9,14H,1,3,10-13H2,(H,23,27). The third kappa shape index (κ3) is 5.34. The minimum atomic E-state index is -4.37. The molecule has 2 aromatic rings. The molecule has 9 heteroatoms. The molecule has 0 bridgehead atoms. The van der Waals surface area contributed by atoms with E-state index >= 15 is 0 Å². The minimum absolute atomic E-state index is 0.0725. The van der Waals surface area contributed by atoms with Gasteiger partial charge in [0.2, 0.25) is 11.9 Å². The van der Waals surface area contributed by atoms with Gasteiger partial charge in [-0.2, -0.15) is 13.2 Å². The van der Waals surface area contributed by atoms with E-state index in [9.17, 15) is 18.0 Å². The van der Waals surface area contributed by atoms with Crippen molar-refractivity contribution in [2.45, 2.75) is 19.0 Å². The van der Waals surface area contributed by atoms with Gasteiger partial charge >= 0.3 is 6.18 Å². The molecule has 0 radical (unpaired) electrons. The van der Waals surface area contributed by atoms with Gasteiger partial charge in [0.25, 0.3) is 0 Å². The van der Waals surface area contributed by atoms with Gasteiger partial charge in [0.15, 0.2) is 0 Å². The molecule has 6 nitrogen and oxygen atoms in total. The number of hydrogen-bond acceptors (Lipinski definition) is 5. The number of rotatable bonds is 6. The van der Waals surface area contributed by atoms with Crippen LogP contribution in [0.2, 0.25) is 0 Å². The molecule has 1 unspecified atom stereocenters. The van der Waals surface area contributed by atoms with Crippen LogP contribution in [0.3, 0.4) is 0 Å². The fraction of sp³-hybridized carbons (Fsp3) is 0.421. The lowest BCUT2D eigenvalue weighted by Crippen LogP contribution is -2.44. The molecule has 1 atom stereocenters. The molecule has 0 spiro atoms. The van der Waals surface area contributed by atoms with Crippen molar-refractivity contribution in [1.29, 1.82) is 0 Å². The molecular formula is C19H21F3N4O2. The fourth-order valence-corrected chi connectivity index (χ4v) is 3.05. The summed E-state index contributed by atoms with van der Waals surface area (Å²) in [5.74, 6) is 0.707. The number of nitrogens with zero attached hydrogens (tertiary/aromatic N) is 3. The van der Waals surface area contributed by atoms with Crippen molar-refractivity contribution in [1.82, 2.24) is 15.3 Å². The van der Waals surface area contributed by atoms with Crippen LogP contribution < -0.4 is 15.0 Å². The van der Waals surface area contributed by atoms with Crippen molar-refractivity contribution < 1.29 is 22.7 Å². The number of amides is 1. The summed E-state index contributed by atoms with van der Waals surface area (Å²) >= 11 is 0. The number of alkyl halides is 3. The van der Waals surface area contributed by atoms with Crippen molar-refractivity contribution in [2.75, 3.05) is 31.1 Å². The molecule has 150 valence electrons. The molecule has 1 aliphatic rings. The Bertz CT molecular complexity index is 769. The number of hydrogen-bond donors (Lipinski definition) is 1. The number of halogens is 3. The van der Waals surface area contributed by atoms with E-state index < -0.39 is 11.7 Å². The normalized spacial score (nSPS) is 17.2. The van der Waals surface area contributed by atoms with Crippen LogP contribution in [0.25, 0.3) is 0 Å². The average Bonchev–Trinajstić information content (AvgIpc) is 2.71. The first-order valence-corrected chi connectivity index (χ1v) is 9.03. The van der Waals surface area contributed by atoms with Crippen molar-refractivity contribution in [3.05, 3.63) is 48.3 Å². The van der Waals surface area contributed by atoms with Crippen LogP contribution in [0, 0.1) is 5.92 Å². The number of aromatic nitrogens is 2. The van der Waals surface area contributed by atoms with E-state index in [-0.39, 0.29) is 25.0 Å². The van der Waals surface area contributed by atoms with Crippen LogP contribution in [0.5, 0.6) is 5.75 Å². The van der Waals surface area contributed by atoms with Gasteiger partial charge in [-0.25, -0.2) is 9.97 Å². The monoisotopic (exact) mass is 394 g/mol. The zero-order valence-electron chi connectivity index (χ0n) is 15.2. The predicted molar refractivity (Wildman–Crippen MR) is 96.9 cm³/mol. The van der Waals surface area contributed by atoms with Crippen molar-refractivity contribution in [2.24, 2.45) is 5.92 Å². The van der Waals surface area contributed by atoms with E-state index in [0.717, 1.165) is 31.5 Å². The topological polar surface area (TPSA) is 67.3 Å². The highest BCUT2D eigenvalue weighted by atomic mass is 19.4. The van der Waals surface area contributed by atoms with Gasteiger partial charge in [-0.05, 0) is 43.2 Å². The summed E-state index contributed by atoms with van der Waals surface area (Å²) in [7, 11) is 0. The largest absolute Gasteiger partial charge is 0.492 e. The highest BCUT2D eigenvalue weighted by Gasteiger charge is 2.30. The Morgan fingerprint density at radius 2 is 1.93 bits per heavy atom. The number of ether oxygens (including phenoxy) is 1. The summed E-state index contributed by atoms with van der Waals surface area (Å²) in [5, 5.41) is 2.82. The molecular weight excluding hydrogens is 373 g/mol. The number of carbonyl (C=O) groups excluding carboxylic acids is 1. The third-order valence-corrected chi connectivity index (χ3v) is 4.48. The molecule has 1 N–H and O–H groups in total. The first-order valence-electron chi connectivity index (χ1n) is 9.03. The minimum Gasteiger partial charge on any atom is -0.492 e. The Morgan fingerprint density at radius 1 is 1.21 bits per heavy atom. The summed E-state index contributed by atoms with van der Waals surface area (Å²) in [6.45, 7) is 1.81. The van der Waals surface area contributed by atoms with E-state index in [0.29, 0.717) is 18.2 Å². The van der Waals surface area contributed by atoms with Crippen LogP contribution in [-0.2, 0) is 11.0 Å². The summed E-state index contributed by atoms with van der Waals surface area (Å²) in [5.41, 5.74) is -0.725. The van der Waals surface area contributed by atoms with Gasteiger partial charge in [-0.3, -0.25) is 4.79 Å². The van der Waals surface area contributed by atoms with Gasteiger partial charge in [0.1, 0.15) is 12.4 Å². The van der Waals surface area contributed by atoms with E-state index in [4.69, 9.17) is 4.74 Å². The molecule has 1 fully saturated rings. The highest BCUT2D eigenvalue weighted by molar-refractivity contribution is 5.79. The lowest BCUT2D eigenvalue weighted by atomic mass is 9.97. The van der Waals surface area contributed by atoms with Crippen molar-refractivity contribution >= 4 is 11.9 Å². The van der Waals surface area contributed by atoms with E-state index in [1.165, 1.54) is 12.1 Å². The first-order chi connectivity index (χ1) is 13.4. The molecule has 1 aromatic carbocycles. The van der Waals surface area contributed by atoms with Gasteiger partial charge in [-0.1, -0.05) is 0 Å². The predicted octanol–water partition coefficient (Wildman–Crippen LogP) is 2.91. The Hall–Kier alpha value is -2.84. The highest BCUT2D eigenvalue weighted by Crippen LogP contribution is 2.30. The number of nitrogens with one attached hydrogen (secondary N) is 1. The maximum Gasteiger partial charge on any atom is 0.416 e.